The second kappa shape index (κ2) is 5.36. The summed E-state index contributed by atoms with van der Waals surface area (Å²) in [4.78, 5) is 0. The van der Waals surface area contributed by atoms with Crippen LogP contribution in [0.25, 0.3) is 0 Å². The smallest absolute Gasteiger partial charge is 0.324 e. The standard InChI is InChI=1S/C11H10F7N/c12-8-5-6(1-2-7(8)11(16,17)18)9(19)3-4-10(13,14)15/h1-2,5,9H,3-4,19H2/t9-/m0/s1. The van der Waals surface area contributed by atoms with Gasteiger partial charge in [0.1, 0.15) is 5.82 Å². The summed E-state index contributed by atoms with van der Waals surface area (Å²) in [7, 11) is 0. The molecule has 1 aromatic carbocycles. The molecule has 8 heteroatoms. The molecule has 1 atom stereocenters. The summed E-state index contributed by atoms with van der Waals surface area (Å²) >= 11 is 0. The maximum atomic E-state index is 13.2. The van der Waals surface area contributed by atoms with Crippen LogP contribution in [0, 0.1) is 5.82 Å². The molecule has 0 spiro atoms. The predicted octanol–water partition coefficient (Wildman–Crippen LogP) is 4.19. The number of hydrogen-bond acceptors (Lipinski definition) is 1. The quantitative estimate of drug-likeness (QED) is 0.830. The third-order valence-corrected chi connectivity index (χ3v) is 2.47. The van der Waals surface area contributed by atoms with E-state index in [0.29, 0.717) is 12.1 Å². The summed E-state index contributed by atoms with van der Waals surface area (Å²) < 4.78 is 85.8. The Labute approximate surface area is 104 Å². The minimum Gasteiger partial charge on any atom is -0.324 e. The Hall–Kier alpha value is -1.31. The van der Waals surface area contributed by atoms with Crippen molar-refractivity contribution < 1.29 is 30.7 Å². The van der Waals surface area contributed by atoms with Gasteiger partial charge < -0.3 is 5.73 Å². The fourth-order valence-electron chi connectivity index (χ4n) is 1.48. The molecule has 0 heterocycles. The minimum absolute atomic E-state index is 0.102. The highest BCUT2D eigenvalue weighted by Crippen LogP contribution is 2.33. The second-order valence-corrected chi connectivity index (χ2v) is 4.00. The Kier molecular flexibility index (Phi) is 4.44. The Morgan fingerprint density at radius 3 is 2.05 bits per heavy atom. The van der Waals surface area contributed by atoms with Gasteiger partial charge >= 0.3 is 12.4 Å². The molecule has 0 aliphatic carbocycles. The van der Waals surface area contributed by atoms with Crippen LogP contribution < -0.4 is 5.73 Å². The van der Waals surface area contributed by atoms with Crippen molar-refractivity contribution in [3.63, 3.8) is 0 Å². The van der Waals surface area contributed by atoms with Crippen molar-refractivity contribution in [1.29, 1.82) is 0 Å². The molecule has 19 heavy (non-hydrogen) atoms. The predicted molar refractivity (Wildman–Crippen MR) is 53.6 cm³/mol. The SMILES string of the molecule is N[C@@H](CCC(F)(F)F)c1ccc(C(F)(F)F)c(F)c1. The minimum atomic E-state index is -4.85. The molecule has 0 bridgehead atoms. The van der Waals surface area contributed by atoms with Crippen LogP contribution in [0.4, 0.5) is 30.7 Å². The zero-order valence-corrected chi connectivity index (χ0v) is 9.45. The Morgan fingerprint density at radius 2 is 1.63 bits per heavy atom. The summed E-state index contributed by atoms with van der Waals surface area (Å²) in [6.45, 7) is 0. The van der Waals surface area contributed by atoms with Crippen molar-refractivity contribution in [1.82, 2.24) is 0 Å². The lowest BCUT2D eigenvalue weighted by Gasteiger charge is -2.15. The molecule has 0 radical (unpaired) electrons. The maximum Gasteiger partial charge on any atom is 0.419 e. The lowest BCUT2D eigenvalue weighted by atomic mass is 10.0. The van der Waals surface area contributed by atoms with E-state index >= 15 is 0 Å². The van der Waals surface area contributed by atoms with Crippen molar-refractivity contribution in [2.75, 3.05) is 0 Å². The van der Waals surface area contributed by atoms with Gasteiger partial charge in [0, 0.05) is 12.5 Å². The van der Waals surface area contributed by atoms with E-state index in [2.05, 4.69) is 0 Å². The first-order valence-corrected chi connectivity index (χ1v) is 5.19. The first kappa shape index (κ1) is 15.7. The van der Waals surface area contributed by atoms with Gasteiger partial charge in [-0.2, -0.15) is 26.3 Å². The van der Waals surface area contributed by atoms with E-state index in [1.807, 2.05) is 0 Å². The molecule has 0 aliphatic heterocycles. The monoisotopic (exact) mass is 289 g/mol. The Balaban J connectivity index is 2.83. The summed E-state index contributed by atoms with van der Waals surface area (Å²) in [5.41, 5.74) is 3.81. The number of rotatable bonds is 3. The van der Waals surface area contributed by atoms with Crippen molar-refractivity contribution in [3.8, 4) is 0 Å². The molecular formula is C11H10F7N. The molecule has 108 valence electrons. The van der Waals surface area contributed by atoms with Gasteiger partial charge in [0.2, 0.25) is 0 Å². The van der Waals surface area contributed by atoms with Crippen LogP contribution in [0.15, 0.2) is 18.2 Å². The van der Waals surface area contributed by atoms with Crippen LogP contribution >= 0.6 is 0 Å². The van der Waals surface area contributed by atoms with E-state index in [4.69, 9.17) is 5.73 Å². The van der Waals surface area contributed by atoms with E-state index in [-0.39, 0.29) is 5.56 Å². The van der Waals surface area contributed by atoms with Crippen molar-refractivity contribution in [2.24, 2.45) is 5.73 Å². The summed E-state index contributed by atoms with van der Waals surface area (Å²) in [5, 5.41) is 0. The molecule has 0 saturated heterocycles. The highest BCUT2D eigenvalue weighted by atomic mass is 19.4. The molecule has 0 aliphatic rings. The molecule has 1 aromatic rings. The van der Waals surface area contributed by atoms with Crippen LogP contribution in [-0.4, -0.2) is 6.18 Å². The van der Waals surface area contributed by atoms with Gasteiger partial charge in [0.15, 0.2) is 0 Å². The average molecular weight is 289 g/mol. The largest absolute Gasteiger partial charge is 0.419 e. The normalized spacial score (nSPS) is 14.5. The summed E-state index contributed by atoms with van der Waals surface area (Å²) in [6.07, 6.45) is -11.0. The van der Waals surface area contributed by atoms with Gasteiger partial charge in [-0.05, 0) is 24.1 Å². The van der Waals surface area contributed by atoms with Gasteiger partial charge in [-0.1, -0.05) is 6.07 Å². The average Bonchev–Trinajstić information content (AvgIpc) is 2.22. The van der Waals surface area contributed by atoms with E-state index in [1.54, 1.807) is 0 Å². The second-order valence-electron chi connectivity index (χ2n) is 4.00. The molecule has 0 amide bonds. The maximum absolute atomic E-state index is 13.2. The van der Waals surface area contributed by atoms with Gasteiger partial charge in [-0.3, -0.25) is 0 Å². The number of benzene rings is 1. The highest BCUT2D eigenvalue weighted by Gasteiger charge is 2.34. The molecule has 1 rings (SSSR count). The third-order valence-electron chi connectivity index (χ3n) is 2.47. The van der Waals surface area contributed by atoms with Gasteiger partial charge in [-0.25, -0.2) is 4.39 Å². The van der Waals surface area contributed by atoms with Crippen molar-refractivity contribution in [2.45, 2.75) is 31.2 Å². The van der Waals surface area contributed by atoms with Crippen LogP contribution in [-0.2, 0) is 6.18 Å². The Bertz CT molecular complexity index is 436. The van der Waals surface area contributed by atoms with Gasteiger partial charge in [0.05, 0.1) is 5.56 Å². The number of nitrogens with two attached hydrogens (primary N) is 1. The fraction of sp³-hybridized carbons (Fsp3) is 0.455. The van der Waals surface area contributed by atoms with Gasteiger partial charge in [-0.15, -0.1) is 0 Å². The molecule has 0 saturated carbocycles. The number of hydrogen-bond donors (Lipinski definition) is 1. The lowest BCUT2D eigenvalue weighted by Crippen LogP contribution is -2.17. The van der Waals surface area contributed by atoms with Crippen LogP contribution in [0.3, 0.4) is 0 Å². The highest BCUT2D eigenvalue weighted by molar-refractivity contribution is 5.28. The fourth-order valence-corrected chi connectivity index (χ4v) is 1.48. The van der Waals surface area contributed by atoms with E-state index in [9.17, 15) is 30.7 Å². The van der Waals surface area contributed by atoms with Crippen LogP contribution in [0.1, 0.15) is 30.0 Å². The number of alkyl halides is 6. The number of halogens is 7. The van der Waals surface area contributed by atoms with E-state index in [0.717, 1.165) is 6.07 Å². The summed E-state index contributed by atoms with van der Waals surface area (Å²) in [5.74, 6) is -1.55. The van der Waals surface area contributed by atoms with Crippen molar-refractivity contribution in [3.05, 3.63) is 35.1 Å². The molecule has 0 aromatic heterocycles. The molecular weight excluding hydrogens is 279 g/mol. The topological polar surface area (TPSA) is 26.0 Å². The van der Waals surface area contributed by atoms with Crippen molar-refractivity contribution >= 4 is 0 Å². The van der Waals surface area contributed by atoms with Crippen LogP contribution in [0.2, 0.25) is 0 Å². The first-order valence-electron chi connectivity index (χ1n) is 5.19. The molecule has 2 N–H and O–H groups in total. The zero-order chi connectivity index (χ0) is 14.8. The molecule has 1 nitrogen and oxygen atoms in total. The Morgan fingerprint density at radius 1 is 1.05 bits per heavy atom. The third kappa shape index (κ3) is 4.70. The first-order chi connectivity index (χ1) is 8.50. The molecule has 0 fully saturated rings. The molecule has 0 unspecified atom stereocenters. The lowest BCUT2D eigenvalue weighted by molar-refractivity contribution is -0.140. The zero-order valence-electron chi connectivity index (χ0n) is 9.45. The van der Waals surface area contributed by atoms with Gasteiger partial charge in [0.25, 0.3) is 0 Å². The summed E-state index contributed by atoms with van der Waals surface area (Å²) in [6, 6.07) is 0.702. The van der Waals surface area contributed by atoms with E-state index in [1.165, 1.54) is 0 Å². The van der Waals surface area contributed by atoms with Crippen LogP contribution in [0.5, 0.6) is 0 Å². The van der Waals surface area contributed by atoms with E-state index < -0.39 is 42.6 Å².